The summed E-state index contributed by atoms with van der Waals surface area (Å²) in [5.74, 6) is 1.57. The SMILES string of the molecule is C/C=C\C1CC(CCCC)C(C)N(CCc2c[nH]c3ccccc23)C1. The molecule has 1 aromatic heterocycles. The third kappa shape index (κ3) is 4.36. The Bertz CT molecular complexity index is 684. The van der Waals surface area contributed by atoms with Crippen LogP contribution in [-0.2, 0) is 6.42 Å². The number of aromatic amines is 1. The highest BCUT2D eigenvalue weighted by Gasteiger charge is 2.31. The largest absolute Gasteiger partial charge is 0.361 e. The van der Waals surface area contributed by atoms with Crippen molar-refractivity contribution in [3.8, 4) is 0 Å². The van der Waals surface area contributed by atoms with Crippen LogP contribution in [0.3, 0.4) is 0 Å². The zero-order valence-electron chi connectivity index (χ0n) is 16.2. The van der Waals surface area contributed by atoms with Crippen LogP contribution in [0.1, 0.15) is 52.0 Å². The minimum atomic E-state index is 0.707. The number of nitrogens with zero attached hydrogens (tertiary/aromatic N) is 1. The lowest BCUT2D eigenvalue weighted by molar-refractivity contribution is 0.0759. The van der Waals surface area contributed by atoms with Crippen molar-refractivity contribution in [3.05, 3.63) is 48.2 Å². The van der Waals surface area contributed by atoms with Gasteiger partial charge in [-0.3, -0.25) is 4.90 Å². The molecular weight excluding hydrogens is 304 g/mol. The Balaban J connectivity index is 1.68. The first kappa shape index (κ1) is 18.3. The van der Waals surface area contributed by atoms with Gasteiger partial charge in [0.25, 0.3) is 0 Å². The van der Waals surface area contributed by atoms with Crippen LogP contribution >= 0.6 is 0 Å². The highest BCUT2D eigenvalue weighted by molar-refractivity contribution is 5.83. The van der Waals surface area contributed by atoms with Crippen LogP contribution in [-0.4, -0.2) is 29.0 Å². The van der Waals surface area contributed by atoms with Crippen molar-refractivity contribution < 1.29 is 0 Å². The van der Waals surface area contributed by atoms with Gasteiger partial charge in [0.15, 0.2) is 0 Å². The maximum atomic E-state index is 3.42. The molecule has 2 heterocycles. The number of aromatic nitrogens is 1. The first-order valence-corrected chi connectivity index (χ1v) is 10.1. The Morgan fingerprint density at radius 1 is 1.28 bits per heavy atom. The molecule has 0 amide bonds. The molecule has 3 unspecified atom stereocenters. The number of nitrogens with one attached hydrogen (secondary N) is 1. The quantitative estimate of drug-likeness (QED) is 0.632. The Hall–Kier alpha value is -1.54. The molecule has 2 aromatic rings. The lowest BCUT2D eigenvalue weighted by Gasteiger charge is -2.43. The molecule has 0 saturated carbocycles. The van der Waals surface area contributed by atoms with E-state index in [0.29, 0.717) is 6.04 Å². The Morgan fingerprint density at radius 2 is 2.12 bits per heavy atom. The molecule has 0 bridgehead atoms. The third-order valence-corrected chi connectivity index (χ3v) is 6.07. The lowest BCUT2D eigenvalue weighted by atomic mass is 9.80. The molecule has 0 aliphatic carbocycles. The van der Waals surface area contributed by atoms with E-state index in [-0.39, 0.29) is 0 Å². The van der Waals surface area contributed by atoms with E-state index in [9.17, 15) is 0 Å². The second kappa shape index (κ2) is 8.71. The van der Waals surface area contributed by atoms with Gasteiger partial charge in [0, 0.05) is 36.2 Å². The van der Waals surface area contributed by atoms with Crippen molar-refractivity contribution in [2.45, 2.75) is 58.9 Å². The van der Waals surface area contributed by atoms with Gasteiger partial charge in [-0.1, -0.05) is 50.1 Å². The second-order valence-electron chi connectivity index (χ2n) is 7.77. The molecule has 2 heteroatoms. The summed E-state index contributed by atoms with van der Waals surface area (Å²) in [7, 11) is 0. The molecule has 2 nitrogen and oxygen atoms in total. The van der Waals surface area contributed by atoms with Crippen molar-refractivity contribution in [2.24, 2.45) is 11.8 Å². The first-order chi connectivity index (χ1) is 12.2. The van der Waals surface area contributed by atoms with E-state index in [1.807, 2.05) is 0 Å². The predicted molar refractivity (Wildman–Crippen MR) is 109 cm³/mol. The summed E-state index contributed by atoms with van der Waals surface area (Å²) in [4.78, 5) is 6.17. The van der Waals surface area contributed by atoms with E-state index in [4.69, 9.17) is 0 Å². The number of piperidine rings is 1. The Morgan fingerprint density at radius 3 is 2.92 bits per heavy atom. The highest BCUT2D eigenvalue weighted by atomic mass is 15.2. The van der Waals surface area contributed by atoms with Crippen molar-refractivity contribution in [1.82, 2.24) is 9.88 Å². The fraction of sp³-hybridized carbons (Fsp3) is 0.565. The number of H-pyrrole nitrogens is 1. The van der Waals surface area contributed by atoms with E-state index < -0.39 is 0 Å². The van der Waals surface area contributed by atoms with Gasteiger partial charge < -0.3 is 4.98 Å². The van der Waals surface area contributed by atoms with E-state index in [2.05, 4.69) is 73.3 Å². The van der Waals surface area contributed by atoms with Gasteiger partial charge in [-0.15, -0.1) is 0 Å². The summed E-state index contributed by atoms with van der Waals surface area (Å²) >= 11 is 0. The first-order valence-electron chi connectivity index (χ1n) is 10.1. The smallest absolute Gasteiger partial charge is 0.0456 e. The minimum absolute atomic E-state index is 0.707. The van der Waals surface area contributed by atoms with E-state index in [0.717, 1.165) is 18.3 Å². The molecule has 0 radical (unpaired) electrons. The number of benzene rings is 1. The fourth-order valence-electron chi connectivity index (χ4n) is 4.56. The Labute approximate surface area is 153 Å². The summed E-state index contributed by atoms with van der Waals surface area (Å²) in [6.45, 7) is 9.32. The normalized spacial score (nSPS) is 25.2. The summed E-state index contributed by atoms with van der Waals surface area (Å²) < 4.78 is 0. The summed E-state index contributed by atoms with van der Waals surface area (Å²) in [6, 6.07) is 9.37. The molecule has 1 aliphatic rings. The van der Waals surface area contributed by atoms with Crippen LogP contribution < -0.4 is 0 Å². The topological polar surface area (TPSA) is 19.0 Å². The number of unbranched alkanes of at least 4 members (excludes halogenated alkanes) is 1. The van der Waals surface area contributed by atoms with Crippen LogP contribution in [0.15, 0.2) is 42.6 Å². The van der Waals surface area contributed by atoms with Crippen molar-refractivity contribution in [3.63, 3.8) is 0 Å². The molecule has 136 valence electrons. The zero-order valence-corrected chi connectivity index (χ0v) is 16.2. The number of likely N-dealkylation sites (tertiary alicyclic amines) is 1. The van der Waals surface area contributed by atoms with Crippen LogP contribution in [0.4, 0.5) is 0 Å². The van der Waals surface area contributed by atoms with E-state index in [1.54, 1.807) is 0 Å². The van der Waals surface area contributed by atoms with Crippen molar-refractivity contribution in [1.29, 1.82) is 0 Å². The summed E-state index contributed by atoms with van der Waals surface area (Å²) in [6.07, 6.45) is 13.5. The van der Waals surface area contributed by atoms with Gasteiger partial charge in [-0.2, -0.15) is 0 Å². The third-order valence-electron chi connectivity index (χ3n) is 6.07. The molecule has 3 rings (SSSR count). The van der Waals surface area contributed by atoms with Gasteiger partial charge in [-0.05, 0) is 56.6 Å². The maximum absolute atomic E-state index is 3.42. The number of rotatable bonds is 7. The fourth-order valence-corrected chi connectivity index (χ4v) is 4.56. The summed E-state index contributed by atoms with van der Waals surface area (Å²) in [5, 5.41) is 1.39. The molecule has 0 spiro atoms. The van der Waals surface area contributed by atoms with Crippen LogP contribution in [0.25, 0.3) is 10.9 Å². The van der Waals surface area contributed by atoms with Crippen LogP contribution in [0.2, 0.25) is 0 Å². The molecule has 1 aliphatic heterocycles. The standard InChI is InChI=1S/C23H34N2/c1-4-6-10-20-15-19(9-5-2)17-25(18(20)3)14-13-21-16-24-23-12-8-7-11-22(21)23/h5,7-9,11-12,16,18-20,24H,4,6,10,13-15,17H2,1-3H3/b9-5-. The molecule has 3 atom stereocenters. The average Bonchev–Trinajstić information content (AvgIpc) is 3.04. The van der Waals surface area contributed by atoms with E-state index >= 15 is 0 Å². The summed E-state index contributed by atoms with van der Waals surface area (Å²) in [5.41, 5.74) is 2.72. The average molecular weight is 339 g/mol. The van der Waals surface area contributed by atoms with Crippen LogP contribution in [0, 0.1) is 11.8 Å². The minimum Gasteiger partial charge on any atom is -0.361 e. The molecule has 1 fully saturated rings. The Kier molecular flexibility index (Phi) is 6.36. The monoisotopic (exact) mass is 338 g/mol. The molecule has 1 saturated heterocycles. The molecule has 1 N–H and O–H groups in total. The zero-order chi connectivity index (χ0) is 17.6. The van der Waals surface area contributed by atoms with Gasteiger partial charge >= 0.3 is 0 Å². The van der Waals surface area contributed by atoms with Crippen molar-refractivity contribution >= 4 is 10.9 Å². The number of hydrogen-bond acceptors (Lipinski definition) is 1. The number of allylic oxidation sites excluding steroid dienone is 1. The maximum Gasteiger partial charge on any atom is 0.0456 e. The van der Waals surface area contributed by atoms with Crippen molar-refractivity contribution in [2.75, 3.05) is 13.1 Å². The lowest BCUT2D eigenvalue weighted by Crippen LogP contribution is -2.47. The van der Waals surface area contributed by atoms with Gasteiger partial charge in [0.1, 0.15) is 0 Å². The van der Waals surface area contributed by atoms with E-state index in [1.165, 1.54) is 55.2 Å². The number of para-hydroxylation sites is 1. The van der Waals surface area contributed by atoms with Gasteiger partial charge in [0.05, 0.1) is 0 Å². The number of fused-ring (bicyclic) bond motifs is 1. The number of hydrogen-bond donors (Lipinski definition) is 1. The van der Waals surface area contributed by atoms with Gasteiger partial charge in [-0.25, -0.2) is 0 Å². The predicted octanol–water partition coefficient (Wildman–Crippen LogP) is 5.80. The molecular formula is C23H34N2. The second-order valence-corrected chi connectivity index (χ2v) is 7.77. The van der Waals surface area contributed by atoms with Gasteiger partial charge in [0.2, 0.25) is 0 Å². The van der Waals surface area contributed by atoms with Crippen LogP contribution in [0.5, 0.6) is 0 Å². The highest BCUT2D eigenvalue weighted by Crippen LogP contribution is 2.32. The molecule has 1 aromatic carbocycles. The molecule has 25 heavy (non-hydrogen) atoms.